The van der Waals surface area contributed by atoms with Crippen LogP contribution in [0.4, 0.5) is 4.39 Å². The van der Waals surface area contributed by atoms with E-state index in [4.69, 9.17) is 37.7 Å². The second kappa shape index (κ2) is 11.6. The van der Waals surface area contributed by atoms with Gasteiger partial charge in [-0.15, -0.1) is 0 Å². The van der Waals surface area contributed by atoms with Gasteiger partial charge in [-0.05, 0) is 86.3 Å². The van der Waals surface area contributed by atoms with Crippen LogP contribution in [-0.4, -0.2) is 51.3 Å². The summed E-state index contributed by atoms with van der Waals surface area (Å²) in [4.78, 5) is 18.9. The molecule has 0 bridgehead atoms. The molecule has 0 radical (unpaired) electrons. The number of aromatic nitrogens is 2. The molecule has 7 nitrogen and oxygen atoms in total. The predicted octanol–water partition coefficient (Wildman–Crippen LogP) is 7.41. The van der Waals surface area contributed by atoms with Crippen LogP contribution in [0, 0.1) is 5.82 Å². The van der Waals surface area contributed by atoms with Crippen LogP contribution in [0.15, 0.2) is 60.7 Å². The quantitative estimate of drug-likeness (QED) is 0.231. The summed E-state index contributed by atoms with van der Waals surface area (Å²) in [6.45, 7) is 3.78. The van der Waals surface area contributed by atoms with Crippen molar-refractivity contribution in [2.75, 3.05) is 19.7 Å². The van der Waals surface area contributed by atoms with Crippen LogP contribution in [0.25, 0.3) is 16.1 Å². The number of halogens is 3. The molecule has 2 atom stereocenters. The van der Waals surface area contributed by atoms with Gasteiger partial charge < -0.3 is 19.1 Å². The third-order valence-corrected chi connectivity index (χ3v) is 9.33. The number of carboxylic acid groups (broad SMARTS) is 1. The first-order valence-corrected chi connectivity index (χ1v) is 15.3. The Bertz CT molecular complexity index is 1740. The Kier molecular flexibility index (Phi) is 7.63. The molecule has 2 saturated heterocycles. The number of imidazole rings is 1. The molecule has 4 aromatic rings. The van der Waals surface area contributed by atoms with Crippen LogP contribution in [0.2, 0.25) is 5.02 Å². The van der Waals surface area contributed by atoms with Crippen molar-refractivity contribution >= 4 is 45.2 Å². The number of fused-ring (bicyclic) bond motifs is 2. The number of ether oxygens (including phenoxy) is 2. The van der Waals surface area contributed by atoms with Gasteiger partial charge in [0.1, 0.15) is 23.5 Å². The lowest BCUT2D eigenvalue weighted by atomic mass is 9.87. The van der Waals surface area contributed by atoms with Gasteiger partial charge >= 0.3 is 5.97 Å². The second-order valence-electron chi connectivity index (χ2n) is 11.4. The summed E-state index contributed by atoms with van der Waals surface area (Å²) in [5.74, 6) is 0.499. The average molecular weight is 623 g/mol. The van der Waals surface area contributed by atoms with E-state index in [-0.39, 0.29) is 17.6 Å². The Hall–Kier alpha value is -3.43. The van der Waals surface area contributed by atoms with Crippen LogP contribution in [0.5, 0.6) is 5.75 Å². The predicted molar refractivity (Wildman–Crippen MR) is 163 cm³/mol. The third-order valence-electron chi connectivity index (χ3n) is 8.76. The maximum Gasteiger partial charge on any atom is 0.335 e. The second-order valence-corrected chi connectivity index (χ2v) is 12.3. The van der Waals surface area contributed by atoms with Crippen molar-refractivity contribution in [1.82, 2.24) is 14.5 Å². The zero-order valence-corrected chi connectivity index (χ0v) is 24.8. The summed E-state index contributed by atoms with van der Waals surface area (Å²) in [5, 5.41) is 10.4. The van der Waals surface area contributed by atoms with Gasteiger partial charge in [0, 0.05) is 22.8 Å². The molecule has 0 saturated carbocycles. The molecule has 3 aliphatic rings. The molecule has 3 aromatic carbocycles. The normalized spacial score (nSPS) is 20.8. The molecule has 10 heteroatoms. The Morgan fingerprint density at radius 3 is 2.58 bits per heavy atom. The summed E-state index contributed by atoms with van der Waals surface area (Å²) >= 11 is 12.7. The van der Waals surface area contributed by atoms with Crippen molar-refractivity contribution in [1.29, 1.82) is 0 Å². The standard InChI is InChI=1S/C33H30Cl2FN3O4/c34-21-5-6-25(27(36)15-21)30-16-26(35)24-3-1-2-23(32(24)43-30)19-8-11-38(12-9-19)18-31-37-28-7-4-20(33(40)41)14-29(28)39(31)17-22-10-13-42-22/h1-7,14-16,19,22,30H,8-13,17-18H2,(H,40,41). The number of hydrogen-bond acceptors (Lipinski definition) is 5. The fourth-order valence-corrected chi connectivity index (χ4v) is 6.75. The number of aromatic carboxylic acids is 1. The van der Waals surface area contributed by atoms with E-state index in [2.05, 4.69) is 15.5 Å². The van der Waals surface area contributed by atoms with Crippen molar-refractivity contribution in [2.24, 2.45) is 0 Å². The minimum atomic E-state index is -0.952. The summed E-state index contributed by atoms with van der Waals surface area (Å²) in [6.07, 6.45) is 4.02. The number of piperidine rings is 1. The molecule has 0 spiro atoms. The zero-order valence-electron chi connectivity index (χ0n) is 23.3. The first-order valence-electron chi connectivity index (χ1n) is 14.5. The maximum atomic E-state index is 14.8. The van der Waals surface area contributed by atoms with E-state index >= 15 is 0 Å². The highest BCUT2D eigenvalue weighted by atomic mass is 35.5. The number of carbonyl (C=O) groups is 1. The zero-order chi connectivity index (χ0) is 29.7. The number of rotatable bonds is 7. The number of nitrogens with zero attached hydrogens (tertiary/aromatic N) is 3. The van der Waals surface area contributed by atoms with Gasteiger partial charge in [0.25, 0.3) is 0 Å². The fraction of sp³-hybridized carbons (Fsp3) is 0.333. The van der Waals surface area contributed by atoms with E-state index in [1.807, 2.05) is 12.1 Å². The molecule has 43 heavy (non-hydrogen) atoms. The number of carboxylic acids is 1. The van der Waals surface area contributed by atoms with Crippen molar-refractivity contribution in [3.63, 3.8) is 0 Å². The highest BCUT2D eigenvalue weighted by Crippen LogP contribution is 2.46. The monoisotopic (exact) mass is 621 g/mol. The Labute approximate surface area is 258 Å². The van der Waals surface area contributed by atoms with Crippen molar-refractivity contribution in [3.8, 4) is 5.75 Å². The van der Waals surface area contributed by atoms with E-state index in [0.717, 1.165) is 66.9 Å². The van der Waals surface area contributed by atoms with Crippen molar-refractivity contribution in [2.45, 2.75) is 50.5 Å². The molecule has 0 aliphatic carbocycles. The molecule has 2 unspecified atom stereocenters. The fourth-order valence-electron chi connectivity index (χ4n) is 6.33. The summed E-state index contributed by atoms with van der Waals surface area (Å²) in [7, 11) is 0. The molecule has 1 N–H and O–H groups in total. The molecule has 0 amide bonds. The van der Waals surface area contributed by atoms with E-state index < -0.39 is 17.9 Å². The topological polar surface area (TPSA) is 76.8 Å². The Balaban J connectivity index is 1.10. The van der Waals surface area contributed by atoms with E-state index in [9.17, 15) is 14.3 Å². The van der Waals surface area contributed by atoms with Gasteiger partial charge in [-0.3, -0.25) is 4.90 Å². The molecule has 7 rings (SSSR count). The molecule has 3 aliphatic heterocycles. The minimum absolute atomic E-state index is 0.116. The van der Waals surface area contributed by atoms with E-state index in [1.165, 1.54) is 6.07 Å². The lowest BCUT2D eigenvalue weighted by Gasteiger charge is -2.34. The number of hydrogen-bond donors (Lipinski definition) is 1. The molecular formula is C33H30Cl2FN3O4. The van der Waals surface area contributed by atoms with E-state index in [0.29, 0.717) is 34.5 Å². The number of para-hydroxylation sites is 1. The van der Waals surface area contributed by atoms with E-state index in [1.54, 1.807) is 36.4 Å². The van der Waals surface area contributed by atoms with Gasteiger partial charge in [-0.25, -0.2) is 14.2 Å². The maximum absolute atomic E-state index is 14.8. The Morgan fingerprint density at radius 1 is 1.05 bits per heavy atom. The summed E-state index contributed by atoms with van der Waals surface area (Å²) in [5.41, 5.74) is 4.16. The van der Waals surface area contributed by atoms with Gasteiger partial charge in [-0.2, -0.15) is 0 Å². The van der Waals surface area contributed by atoms with Gasteiger partial charge in [0.2, 0.25) is 0 Å². The minimum Gasteiger partial charge on any atom is -0.480 e. The number of benzene rings is 3. The lowest BCUT2D eigenvalue weighted by Crippen LogP contribution is -2.35. The van der Waals surface area contributed by atoms with Crippen LogP contribution >= 0.6 is 23.2 Å². The lowest BCUT2D eigenvalue weighted by molar-refractivity contribution is -0.0592. The highest BCUT2D eigenvalue weighted by Gasteiger charge is 2.31. The molecular weight excluding hydrogens is 592 g/mol. The largest absolute Gasteiger partial charge is 0.480 e. The Morgan fingerprint density at radius 2 is 1.86 bits per heavy atom. The molecule has 2 fully saturated rings. The molecule has 222 valence electrons. The smallest absolute Gasteiger partial charge is 0.335 e. The molecule has 4 heterocycles. The van der Waals surface area contributed by atoms with Gasteiger partial charge in [0.05, 0.1) is 40.8 Å². The highest BCUT2D eigenvalue weighted by molar-refractivity contribution is 6.49. The summed E-state index contributed by atoms with van der Waals surface area (Å²) in [6, 6.07) is 15.7. The van der Waals surface area contributed by atoms with Crippen LogP contribution < -0.4 is 4.74 Å². The average Bonchev–Trinajstić information content (AvgIpc) is 3.31. The van der Waals surface area contributed by atoms with Gasteiger partial charge in [-0.1, -0.05) is 41.4 Å². The third kappa shape index (κ3) is 5.53. The van der Waals surface area contributed by atoms with Crippen LogP contribution in [0.3, 0.4) is 0 Å². The first-order chi connectivity index (χ1) is 20.8. The molecule has 1 aromatic heterocycles. The van der Waals surface area contributed by atoms with Crippen molar-refractivity contribution in [3.05, 3.63) is 99.6 Å². The van der Waals surface area contributed by atoms with Crippen molar-refractivity contribution < 1.29 is 23.8 Å². The SMILES string of the molecule is O=C(O)c1ccc2nc(CN3CCC(c4cccc5c4OC(c4ccc(Cl)cc4F)C=C5Cl)CC3)n(CC3CCO3)c2c1. The van der Waals surface area contributed by atoms with Crippen LogP contribution in [0.1, 0.15) is 64.2 Å². The first kappa shape index (κ1) is 28.3. The van der Waals surface area contributed by atoms with Gasteiger partial charge in [0.15, 0.2) is 0 Å². The van der Waals surface area contributed by atoms with Crippen LogP contribution in [-0.2, 0) is 17.8 Å². The summed E-state index contributed by atoms with van der Waals surface area (Å²) < 4.78 is 29.0. The number of likely N-dealkylation sites (tertiary alicyclic amines) is 1.